The molecule has 4 nitrogen and oxygen atoms in total. The van der Waals surface area contributed by atoms with Crippen molar-refractivity contribution >= 4 is 10.8 Å². The fourth-order valence-corrected chi connectivity index (χ4v) is 9.39. The van der Waals surface area contributed by atoms with Crippen molar-refractivity contribution in [2.75, 3.05) is 0 Å². The van der Waals surface area contributed by atoms with E-state index >= 15 is 0 Å². The molecule has 0 N–H and O–H groups in total. The van der Waals surface area contributed by atoms with Gasteiger partial charge in [-0.3, -0.25) is 0 Å². The maximum absolute atomic E-state index is 7.02. The minimum atomic E-state index is -0.585. The van der Waals surface area contributed by atoms with E-state index in [-0.39, 0.29) is 0 Å². The third kappa shape index (κ3) is 3.84. The summed E-state index contributed by atoms with van der Waals surface area (Å²) in [4.78, 5) is 15.8. The second-order valence-corrected chi connectivity index (χ2v) is 14.2. The number of rotatable bonds is 3. The summed E-state index contributed by atoms with van der Waals surface area (Å²) in [5.74, 6) is 3.39. The lowest BCUT2D eigenvalue weighted by molar-refractivity contribution is 0.437. The predicted octanol–water partition coefficient (Wildman–Crippen LogP) is 12.1. The minimum Gasteiger partial charge on any atom is -0.456 e. The zero-order valence-corrected chi connectivity index (χ0v) is 29.0. The van der Waals surface area contributed by atoms with E-state index in [0.717, 1.165) is 44.7 Å². The first-order valence-corrected chi connectivity index (χ1v) is 18.4. The Labute approximate surface area is 312 Å². The summed E-state index contributed by atoms with van der Waals surface area (Å²) in [6, 6.07) is 62.3. The molecule has 0 saturated heterocycles. The number of para-hydroxylation sites is 2. The van der Waals surface area contributed by atoms with Gasteiger partial charge in [0.05, 0.1) is 11.0 Å². The summed E-state index contributed by atoms with van der Waals surface area (Å²) in [7, 11) is 0. The van der Waals surface area contributed by atoms with Crippen LogP contribution in [-0.4, -0.2) is 15.0 Å². The lowest BCUT2D eigenvalue weighted by Gasteiger charge is -2.39. The lowest BCUT2D eigenvalue weighted by Crippen LogP contribution is -2.32. The van der Waals surface area contributed by atoms with Gasteiger partial charge < -0.3 is 4.74 Å². The lowest BCUT2D eigenvalue weighted by atomic mass is 9.66. The van der Waals surface area contributed by atoms with Gasteiger partial charge in [0.15, 0.2) is 17.5 Å². The van der Waals surface area contributed by atoms with Crippen molar-refractivity contribution in [1.29, 1.82) is 0 Å². The molecular weight excluding hydrogens is 659 g/mol. The van der Waals surface area contributed by atoms with Crippen molar-refractivity contribution in [2.24, 2.45) is 0 Å². The average Bonchev–Trinajstić information content (AvgIpc) is 3.73. The van der Waals surface area contributed by atoms with E-state index in [1.165, 1.54) is 49.9 Å². The van der Waals surface area contributed by atoms with Gasteiger partial charge in [-0.25, -0.2) is 15.0 Å². The highest BCUT2D eigenvalue weighted by molar-refractivity contribution is 6.18. The Kier molecular flexibility index (Phi) is 5.95. The van der Waals surface area contributed by atoms with E-state index in [9.17, 15) is 0 Å². The molecule has 2 heterocycles. The van der Waals surface area contributed by atoms with E-state index in [0.29, 0.717) is 17.5 Å². The number of aromatic nitrogens is 3. The molecule has 2 aliphatic carbocycles. The molecule has 0 bridgehead atoms. The first-order valence-electron chi connectivity index (χ1n) is 18.4. The first kappa shape index (κ1) is 29.4. The number of nitrogens with zero attached hydrogens (tertiary/aromatic N) is 3. The molecule has 1 spiro atoms. The van der Waals surface area contributed by atoms with Gasteiger partial charge in [0.25, 0.3) is 0 Å². The largest absolute Gasteiger partial charge is 0.456 e. The molecule has 54 heavy (non-hydrogen) atoms. The molecule has 1 aromatic heterocycles. The van der Waals surface area contributed by atoms with Crippen LogP contribution in [0.1, 0.15) is 22.3 Å². The first-order chi connectivity index (χ1) is 26.8. The van der Waals surface area contributed by atoms with Gasteiger partial charge in [-0.15, -0.1) is 0 Å². The summed E-state index contributed by atoms with van der Waals surface area (Å²) in [6.45, 7) is 0. The Morgan fingerprint density at radius 1 is 0.333 bits per heavy atom. The molecule has 4 heteroatoms. The molecule has 9 aromatic rings. The number of fused-ring (bicyclic) bond motifs is 12. The molecule has 250 valence electrons. The van der Waals surface area contributed by atoms with Gasteiger partial charge in [0, 0.05) is 22.3 Å². The van der Waals surface area contributed by atoms with Gasteiger partial charge in [-0.05, 0) is 73.5 Å². The SMILES string of the molecule is c1ccc(-c2nc(-c3cccc4c3Oc3ccccc3C43c4ccccc4-c4ccccc43)nc(-c3ccc4c5c(cccc35)-c3ccccc3-4)n2)cc1. The smallest absolute Gasteiger partial charge is 0.167 e. The molecule has 3 aliphatic rings. The molecule has 0 saturated carbocycles. The second-order valence-electron chi connectivity index (χ2n) is 14.2. The van der Waals surface area contributed by atoms with Crippen molar-refractivity contribution < 1.29 is 4.74 Å². The van der Waals surface area contributed by atoms with E-state index < -0.39 is 5.41 Å². The van der Waals surface area contributed by atoms with E-state index in [4.69, 9.17) is 19.7 Å². The fraction of sp³-hybridized carbons (Fsp3) is 0.0200. The monoisotopic (exact) mass is 687 g/mol. The second kappa shape index (κ2) is 10.9. The number of hydrogen-bond donors (Lipinski definition) is 0. The molecule has 0 radical (unpaired) electrons. The number of ether oxygens (including phenoxy) is 1. The third-order valence-corrected chi connectivity index (χ3v) is 11.6. The minimum absolute atomic E-state index is 0.566. The maximum Gasteiger partial charge on any atom is 0.167 e. The molecule has 0 unspecified atom stereocenters. The Morgan fingerprint density at radius 3 is 1.57 bits per heavy atom. The summed E-state index contributed by atoms with van der Waals surface area (Å²) in [5, 5.41) is 2.35. The highest BCUT2D eigenvalue weighted by Crippen LogP contribution is 2.63. The van der Waals surface area contributed by atoms with Crippen molar-refractivity contribution in [2.45, 2.75) is 5.41 Å². The molecule has 0 amide bonds. The highest BCUT2D eigenvalue weighted by atomic mass is 16.5. The van der Waals surface area contributed by atoms with Crippen LogP contribution < -0.4 is 4.74 Å². The van der Waals surface area contributed by atoms with Crippen molar-refractivity contribution in [3.05, 3.63) is 198 Å². The van der Waals surface area contributed by atoms with Crippen molar-refractivity contribution in [1.82, 2.24) is 15.0 Å². The van der Waals surface area contributed by atoms with Gasteiger partial charge in [0.1, 0.15) is 11.5 Å². The topological polar surface area (TPSA) is 47.9 Å². The quantitative estimate of drug-likeness (QED) is 0.185. The van der Waals surface area contributed by atoms with E-state index in [2.05, 4.69) is 158 Å². The van der Waals surface area contributed by atoms with Gasteiger partial charge in [-0.2, -0.15) is 0 Å². The van der Waals surface area contributed by atoms with Gasteiger partial charge >= 0.3 is 0 Å². The zero-order valence-electron chi connectivity index (χ0n) is 29.0. The number of benzene rings is 8. The molecule has 12 rings (SSSR count). The summed E-state index contributed by atoms with van der Waals surface area (Å²) in [6.07, 6.45) is 0. The van der Waals surface area contributed by atoms with E-state index in [1.54, 1.807) is 0 Å². The fourth-order valence-electron chi connectivity index (χ4n) is 9.39. The van der Waals surface area contributed by atoms with Gasteiger partial charge in [-0.1, -0.05) is 158 Å². The molecule has 0 atom stereocenters. The highest BCUT2D eigenvalue weighted by Gasteiger charge is 2.51. The number of hydrogen-bond acceptors (Lipinski definition) is 4. The van der Waals surface area contributed by atoms with Crippen LogP contribution in [0.4, 0.5) is 0 Å². The van der Waals surface area contributed by atoms with Crippen LogP contribution in [0.2, 0.25) is 0 Å². The van der Waals surface area contributed by atoms with Crippen LogP contribution >= 0.6 is 0 Å². The normalized spacial score (nSPS) is 13.5. The van der Waals surface area contributed by atoms with E-state index in [1.807, 2.05) is 18.2 Å². The van der Waals surface area contributed by atoms with Crippen LogP contribution in [0.25, 0.3) is 78.3 Å². The maximum atomic E-state index is 7.02. The van der Waals surface area contributed by atoms with Crippen LogP contribution in [0.3, 0.4) is 0 Å². The zero-order chi connectivity index (χ0) is 35.4. The molecule has 8 aromatic carbocycles. The standard InChI is InChI=1S/C50H29N3O/c1-2-14-30(15-3-1)47-51-48(38-29-28-37-32-17-5-4-16-31(32)35-20-12-21-36(38)45(35)37)53-49(52-47)39-22-13-26-43-46(39)54-44-27-11-10-25-42(44)50(43)40-23-8-6-18-33(40)34-19-7-9-24-41(34)50/h1-29H. The predicted molar refractivity (Wildman–Crippen MR) is 215 cm³/mol. The summed E-state index contributed by atoms with van der Waals surface area (Å²) < 4.78 is 7.02. The van der Waals surface area contributed by atoms with Crippen molar-refractivity contribution in [3.63, 3.8) is 0 Å². The summed E-state index contributed by atoms with van der Waals surface area (Å²) >= 11 is 0. The molecule has 0 fully saturated rings. The van der Waals surface area contributed by atoms with Crippen LogP contribution in [0, 0.1) is 0 Å². The molecule has 1 aliphatic heterocycles. The molecular formula is C50H29N3O. The van der Waals surface area contributed by atoms with Crippen LogP contribution in [0.5, 0.6) is 11.5 Å². The summed E-state index contributed by atoms with van der Waals surface area (Å²) in [5.41, 5.74) is 14.3. The Hall–Kier alpha value is -7.17. The van der Waals surface area contributed by atoms with Gasteiger partial charge in [0.2, 0.25) is 0 Å². The van der Waals surface area contributed by atoms with Crippen LogP contribution in [-0.2, 0) is 5.41 Å². The Bertz CT molecular complexity index is 2960. The third-order valence-electron chi connectivity index (χ3n) is 11.6. The average molecular weight is 688 g/mol. The Morgan fingerprint density at radius 2 is 0.833 bits per heavy atom. The van der Waals surface area contributed by atoms with Crippen LogP contribution in [0.15, 0.2) is 176 Å². The Balaban J connectivity index is 1.13. The van der Waals surface area contributed by atoms with Crippen molar-refractivity contribution in [3.8, 4) is 79.0 Å².